The van der Waals surface area contributed by atoms with Crippen LogP contribution in [0.4, 0.5) is 4.39 Å². The van der Waals surface area contributed by atoms with Crippen molar-refractivity contribution in [2.45, 2.75) is 13.5 Å². The topological polar surface area (TPSA) is 93.8 Å². The first-order valence-electron chi connectivity index (χ1n) is 8.14. The molecule has 0 saturated heterocycles. The fourth-order valence-electron chi connectivity index (χ4n) is 2.47. The molecule has 3 rings (SSSR count). The minimum Gasteiger partial charge on any atom is -0.474 e. The Balaban J connectivity index is 1.85. The fourth-order valence-corrected chi connectivity index (χ4v) is 2.66. The monoisotopic (exact) mass is 392 g/mol. The highest BCUT2D eigenvalue weighted by atomic mass is 35.5. The molecule has 140 valence electrons. The van der Waals surface area contributed by atoms with Gasteiger partial charge in [0.15, 0.2) is 11.6 Å². The highest BCUT2D eigenvalue weighted by molar-refractivity contribution is 6.61. The molecule has 2 heterocycles. The van der Waals surface area contributed by atoms with Crippen LogP contribution in [0.3, 0.4) is 0 Å². The minimum atomic E-state index is -1.16. The van der Waals surface area contributed by atoms with E-state index in [2.05, 4.69) is 4.98 Å². The van der Waals surface area contributed by atoms with Crippen LogP contribution in [0.2, 0.25) is 5.02 Å². The van der Waals surface area contributed by atoms with Crippen LogP contribution in [-0.2, 0) is 16.0 Å². The van der Waals surface area contributed by atoms with Crippen LogP contribution < -0.4 is 14.9 Å². The third kappa shape index (κ3) is 4.31. The Labute approximate surface area is 160 Å². The van der Waals surface area contributed by atoms with Gasteiger partial charge in [0.05, 0.1) is 13.2 Å². The number of rotatable bonds is 7. The van der Waals surface area contributed by atoms with Gasteiger partial charge in [-0.25, -0.2) is 4.39 Å². The summed E-state index contributed by atoms with van der Waals surface area (Å²) in [5.74, 6) is -0.942. The molecular weight excluding hydrogens is 377 g/mol. The molecule has 7 nitrogen and oxygen atoms in total. The molecular formula is C17H15BClFN2O5. The lowest BCUT2D eigenvalue weighted by atomic mass is 9.79. The van der Waals surface area contributed by atoms with Gasteiger partial charge in [-0.2, -0.15) is 10.2 Å². The van der Waals surface area contributed by atoms with Crippen molar-refractivity contribution >= 4 is 24.2 Å². The average Bonchev–Trinajstić information content (AvgIpc) is 3.01. The summed E-state index contributed by atoms with van der Waals surface area (Å²) in [6.45, 7) is 3.02. The van der Waals surface area contributed by atoms with Gasteiger partial charge >= 0.3 is 7.12 Å². The summed E-state index contributed by atoms with van der Waals surface area (Å²) >= 11 is 6.10. The first-order valence-corrected chi connectivity index (χ1v) is 8.52. The van der Waals surface area contributed by atoms with E-state index in [0.29, 0.717) is 24.2 Å². The van der Waals surface area contributed by atoms with Crippen LogP contribution in [0.15, 0.2) is 18.2 Å². The molecule has 1 aliphatic rings. The van der Waals surface area contributed by atoms with Crippen LogP contribution in [-0.4, -0.2) is 36.9 Å². The summed E-state index contributed by atoms with van der Waals surface area (Å²) in [7, 11) is -1.16. The van der Waals surface area contributed by atoms with Gasteiger partial charge in [-0.1, -0.05) is 11.6 Å². The molecule has 1 aliphatic heterocycles. The van der Waals surface area contributed by atoms with Crippen LogP contribution >= 0.6 is 11.6 Å². The molecule has 0 radical (unpaired) electrons. The SMILES string of the molecule is CCOCCOc1nc(Oc2cc3c(cc2F)B(O)OC3)c(Cl)cc1C#N. The van der Waals surface area contributed by atoms with Crippen molar-refractivity contribution in [1.82, 2.24) is 4.98 Å². The van der Waals surface area contributed by atoms with E-state index in [9.17, 15) is 14.7 Å². The Bertz CT molecular complexity index is 893. The molecule has 0 aliphatic carbocycles. The second-order valence-corrected chi connectivity index (χ2v) is 5.94. The second kappa shape index (κ2) is 8.54. The van der Waals surface area contributed by atoms with Crippen LogP contribution in [0.5, 0.6) is 17.5 Å². The maximum absolute atomic E-state index is 14.3. The summed E-state index contributed by atoms with van der Waals surface area (Å²) in [5.41, 5.74) is 1.06. The molecule has 0 saturated carbocycles. The lowest BCUT2D eigenvalue weighted by molar-refractivity contribution is 0.108. The molecule has 1 N–H and O–H groups in total. The predicted octanol–water partition coefficient (Wildman–Crippen LogP) is 2.17. The van der Waals surface area contributed by atoms with Crippen molar-refractivity contribution in [3.8, 4) is 23.6 Å². The van der Waals surface area contributed by atoms with Gasteiger partial charge in [0.2, 0.25) is 11.8 Å². The number of nitrogens with zero attached hydrogens (tertiary/aromatic N) is 2. The van der Waals surface area contributed by atoms with E-state index in [-0.39, 0.29) is 41.3 Å². The first kappa shape index (κ1) is 19.4. The molecule has 10 heteroatoms. The number of nitriles is 1. The maximum atomic E-state index is 14.3. The number of ether oxygens (including phenoxy) is 3. The fraction of sp³-hybridized carbons (Fsp3) is 0.294. The molecule has 1 aromatic heterocycles. The van der Waals surface area contributed by atoms with E-state index in [0.717, 1.165) is 6.07 Å². The van der Waals surface area contributed by atoms with Crippen molar-refractivity contribution in [3.63, 3.8) is 0 Å². The average molecular weight is 393 g/mol. The van der Waals surface area contributed by atoms with Crippen molar-refractivity contribution in [3.05, 3.63) is 40.2 Å². The van der Waals surface area contributed by atoms with Gasteiger partial charge in [-0.05, 0) is 36.1 Å². The maximum Gasteiger partial charge on any atom is 0.491 e. The molecule has 0 fully saturated rings. The Morgan fingerprint density at radius 1 is 1.37 bits per heavy atom. The number of fused-ring (bicyclic) bond motifs is 1. The number of hydrogen-bond donors (Lipinski definition) is 1. The van der Waals surface area contributed by atoms with Gasteiger partial charge in [-0.15, -0.1) is 0 Å². The molecule has 27 heavy (non-hydrogen) atoms. The van der Waals surface area contributed by atoms with E-state index >= 15 is 0 Å². The number of halogens is 2. The minimum absolute atomic E-state index is 0.0110. The molecule has 0 atom stereocenters. The van der Waals surface area contributed by atoms with Gasteiger partial charge in [0.1, 0.15) is 23.3 Å². The Hall–Kier alpha value is -2.38. The normalized spacial score (nSPS) is 12.6. The summed E-state index contributed by atoms with van der Waals surface area (Å²) in [5, 5.41) is 18.9. The molecule has 1 aromatic carbocycles. The van der Waals surface area contributed by atoms with Gasteiger partial charge in [-0.3, -0.25) is 0 Å². The molecule has 0 spiro atoms. The second-order valence-electron chi connectivity index (χ2n) is 5.53. The van der Waals surface area contributed by atoms with Crippen LogP contribution in [0.25, 0.3) is 0 Å². The zero-order chi connectivity index (χ0) is 19.4. The van der Waals surface area contributed by atoms with E-state index in [1.165, 1.54) is 12.1 Å². The Morgan fingerprint density at radius 2 is 2.19 bits per heavy atom. The highest BCUT2D eigenvalue weighted by Crippen LogP contribution is 2.33. The predicted molar refractivity (Wildman–Crippen MR) is 94.8 cm³/mol. The van der Waals surface area contributed by atoms with Gasteiger partial charge < -0.3 is 23.9 Å². The van der Waals surface area contributed by atoms with E-state index in [4.69, 9.17) is 30.5 Å². The first-order chi connectivity index (χ1) is 13.0. The van der Waals surface area contributed by atoms with E-state index in [1.807, 2.05) is 13.0 Å². The zero-order valence-electron chi connectivity index (χ0n) is 14.4. The largest absolute Gasteiger partial charge is 0.491 e. The van der Waals surface area contributed by atoms with Crippen molar-refractivity contribution in [2.75, 3.05) is 19.8 Å². The quantitative estimate of drug-likeness (QED) is 0.570. The number of pyridine rings is 1. The van der Waals surface area contributed by atoms with Crippen LogP contribution in [0.1, 0.15) is 18.1 Å². The molecule has 0 amide bonds. The third-order valence-corrected chi connectivity index (χ3v) is 4.03. The number of benzene rings is 1. The highest BCUT2D eigenvalue weighted by Gasteiger charge is 2.29. The van der Waals surface area contributed by atoms with E-state index in [1.54, 1.807) is 0 Å². The van der Waals surface area contributed by atoms with Crippen molar-refractivity contribution in [2.24, 2.45) is 0 Å². The Morgan fingerprint density at radius 3 is 2.93 bits per heavy atom. The van der Waals surface area contributed by atoms with Gasteiger partial charge in [0.25, 0.3) is 0 Å². The zero-order valence-corrected chi connectivity index (χ0v) is 15.1. The smallest absolute Gasteiger partial charge is 0.474 e. The summed E-state index contributed by atoms with van der Waals surface area (Å²) in [6.07, 6.45) is 0. The lowest BCUT2D eigenvalue weighted by Crippen LogP contribution is -2.28. The van der Waals surface area contributed by atoms with Gasteiger partial charge in [0, 0.05) is 6.61 Å². The number of hydrogen-bond acceptors (Lipinski definition) is 7. The Kier molecular flexibility index (Phi) is 6.13. The van der Waals surface area contributed by atoms with E-state index < -0.39 is 12.9 Å². The summed E-state index contributed by atoms with van der Waals surface area (Å²) in [4.78, 5) is 4.08. The van der Waals surface area contributed by atoms with Crippen molar-refractivity contribution in [1.29, 1.82) is 5.26 Å². The number of aromatic nitrogens is 1. The molecule has 0 bridgehead atoms. The van der Waals surface area contributed by atoms with Crippen molar-refractivity contribution < 1.29 is 28.3 Å². The third-order valence-electron chi connectivity index (χ3n) is 3.76. The standard InChI is InChI=1S/C17H15BClFN2O5/c1-2-24-3-4-25-16-10(8-21)5-13(19)17(22-16)27-15-6-11-9-26-18(23)12(11)7-14(15)20/h5-7,23H,2-4,9H2,1H3. The van der Waals surface area contributed by atoms with Crippen LogP contribution in [0, 0.1) is 17.1 Å². The molecule has 2 aromatic rings. The lowest BCUT2D eigenvalue weighted by Gasteiger charge is -2.12. The summed E-state index contributed by atoms with van der Waals surface area (Å²) in [6, 6.07) is 5.81. The summed E-state index contributed by atoms with van der Waals surface area (Å²) < 4.78 is 35.5. The molecule has 0 unspecified atom stereocenters.